The van der Waals surface area contributed by atoms with Crippen molar-refractivity contribution in [1.29, 1.82) is 0 Å². The number of aromatic nitrogens is 2. The molecule has 1 fully saturated rings. The van der Waals surface area contributed by atoms with Crippen molar-refractivity contribution in [3.63, 3.8) is 0 Å². The normalized spacial score (nSPS) is 17.6. The number of carbonyl (C=O) groups is 2. The van der Waals surface area contributed by atoms with E-state index in [-0.39, 0.29) is 23.4 Å². The number of carboxylic acid groups (broad SMARTS) is 1. The molecule has 0 bridgehead atoms. The standard InChI is InChI=1S/C13H17N3O5/c17-12(10-6-16-11(7-15-10)13(18)19)14-3-1-4-21-9-2-5-20-8-9/h6-7,9H,1-5,8H2,(H,14,17)(H,18,19). The van der Waals surface area contributed by atoms with Gasteiger partial charge in [-0.25, -0.2) is 14.8 Å². The molecule has 2 N–H and O–H groups in total. The molecule has 2 heterocycles. The van der Waals surface area contributed by atoms with Gasteiger partial charge in [-0.05, 0) is 12.8 Å². The van der Waals surface area contributed by atoms with E-state index in [1.54, 1.807) is 0 Å². The fraction of sp³-hybridized carbons (Fsp3) is 0.538. The lowest BCUT2D eigenvalue weighted by Crippen LogP contribution is -2.27. The first kappa shape index (κ1) is 15.3. The Bertz CT molecular complexity index is 485. The fourth-order valence-corrected chi connectivity index (χ4v) is 1.81. The highest BCUT2D eigenvalue weighted by molar-refractivity contribution is 5.92. The van der Waals surface area contributed by atoms with Crippen LogP contribution in [0.3, 0.4) is 0 Å². The highest BCUT2D eigenvalue weighted by atomic mass is 16.5. The summed E-state index contributed by atoms with van der Waals surface area (Å²) < 4.78 is 10.7. The summed E-state index contributed by atoms with van der Waals surface area (Å²) in [5.74, 6) is -1.56. The second kappa shape index (κ2) is 7.65. The highest BCUT2D eigenvalue weighted by Crippen LogP contribution is 2.07. The van der Waals surface area contributed by atoms with Gasteiger partial charge < -0.3 is 19.9 Å². The van der Waals surface area contributed by atoms with Gasteiger partial charge in [0.25, 0.3) is 5.91 Å². The first-order valence-corrected chi connectivity index (χ1v) is 6.69. The molecule has 0 aromatic carbocycles. The molecule has 1 amide bonds. The number of hydrogen-bond acceptors (Lipinski definition) is 6. The quantitative estimate of drug-likeness (QED) is 0.686. The van der Waals surface area contributed by atoms with Crippen LogP contribution in [0.4, 0.5) is 0 Å². The van der Waals surface area contributed by atoms with Crippen molar-refractivity contribution in [1.82, 2.24) is 15.3 Å². The summed E-state index contributed by atoms with van der Waals surface area (Å²) in [5, 5.41) is 11.4. The third-order valence-electron chi connectivity index (χ3n) is 2.95. The Morgan fingerprint density at radius 1 is 1.38 bits per heavy atom. The van der Waals surface area contributed by atoms with Crippen LogP contribution in [-0.4, -0.2) is 59.4 Å². The molecule has 2 rings (SSSR count). The predicted octanol–water partition coefficient (Wildman–Crippen LogP) is 0.100. The van der Waals surface area contributed by atoms with Gasteiger partial charge >= 0.3 is 5.97 Å². The molecule has 1 saturated heterocycles. The summed E-state index contributed by atoms with van der Waals surface area (Å²) in [4.78, 5) is 29.7. The summed E-state index contributed by atoms with van der Waals surface area (Å²) in [6.45, 7) is 2.39. The van der Waals surface area contributed by atoms with Crippen LogP contribution in [0.25, 0.3) is 0 Å². The zero-order valence-corrected chi connectivity index (χ0v) is 11.4. The van der Waals surface area contributed by atoms with Gasteiger partial charge in [-0.3, -0.25) is 4.79 Å². The molecule has 1 aromatic rings. The Hall–Kier alpha value is -2.06. The van der Waals surface area contributed by atoms with Gasteiger partial charge in [0.1, 0.15) is 5.69 Å². The lowest BCUT2D eigenvalue weighted by atomic mass is 10.3. The van der Waals surface area contributed by atoms with E-state index in [1.807, 2.05) is 0 Å². The Balaban J connectivity index is 1.65. The number of amides is 1. The van der Waals surface area contributed by atoms with Gasteiger partial charge in [0, 0.05) is 19.8 Å². The van der Waals surface area contributed by atoms with Crippen LogP contribution in [-0.2, 0) is 9.47 Å². The van der Waals surface area contributed by atoms with Crippen LogP contribution in [0, 0.1) is 0 Å². The summed E-state index contributed by atoms with van der Waals surface area (Å²) >= 11 is 0. The summed E-state index contributed by atoms with van der Waals surface area (Å²) in [6.07, 6.45) is 3.96. The predicted molar refractivity (Wildman–Crippen MR) is 71.1 cm³/mol. The van der Waals surface area contributed by atoms with E-state index >= 15 is 0 Å². The minimum Gasteiger partial charge on any atom is -0.476 e. The molecule has 1 atom stereocenters. The average Bonchev–Trinajstić information content (AvgIpc) is 3.00. The molecule has 21 heavy (non-hydrogen) atoms. The highest BCUT2D eigenvalue weighted by Gasteiger charge is 2.15. The van der Waals surface area contributed by atoms with Gasteiger partial charge in [0.05, 0.1) is 25.1 Å². The van der Waals surface area contributed by atoms with Crippen LogP contribution >= 0.6 is 0 Å². The molecular formula is C13H17N3O5. The minimum atomic E-state index is -1.18. The van der Waals surface area contributed by atoms with Crippen LogP contribution in [0.2, 0.25) is 0 Å². The molecule has 0 radical (unpaired) electrons. The number of carboxylic acids is 1. The fourth-order valence-electron chi connectivity index (χ4n) is 1.81. The van der Waals surface area contributed by atoms with E-state index in [4.69, 9.17) is 14.6 Å². The third kappa shape index (κ3) is 4.76. The molecule has 1 unspecified atom stereocenters. The lowest BCUT2D eigenvalue weighted by Gasteiger charge is -2.09. The van der Waals surface area contributed by atoms with E-state index in [0.717, 1.165) is 25.4 Å². The van der Waals surface area contributed by atoms with Crippen molar-refractivity contribution < 1.29 is 24.2 Å². The monoisotopic (exact) mass is 295 g/mol. The van der Waals surface area contributed by atoms with E-state index < -0.39 is 5.97 Å². The van der Waals surface area contributed by atoms with E-state index in [2.05, 4.69) is 15.3 Å². The van der Waals surface area contributed by atoms with Crippen molar-refractivity contribution in [2.45, 2.75) is 18.9 Å². The van der Waals surface area contributed by atoms with Gasteiger partial charge in [0.2, 0.25) is 0 Å². The first-order valence-electron chi connectivity index (χ1n) is 6.69. The Morgan fingerprint density at radius 2 is 2.14 bits per heavy atom. The molecule has 8 nitrogen and oxygen atoms in total. The summed E-state index contributed by atoms with van der Waals surface area (Å²) in [7, 11) is 0. The Labute approximate surface area is 121 Å². The molecule has 1 aliphatic rings. The molecule has 1 aliphatic heterocycles. The lowest BCUT2D eigenvalue weighted by molar-refractivity contribution is 0.0414. The summed E-state index contributed by atoms with van der Waals surface area (Å²) in [5.41, 5.74) is -0.108. The number of aromatic carboxylic acids is 1. The molecule has 0 saturated carbocycles. The van der Waals surface area contributed by atoms with Gasteiger partial charge in [-0.2, -0.15) is 0 Å². The van der Waals surface area contributed by atoms with Gasteiger partial charge in [0.15, 0.2) is 5.69 Å². The Kier molecular flexibility index (Phi) is 5.59. The van der Waals surface area contributed by atoms with Gasteiger partial charge in [-0.15, -0.1) is 0 Å². The van der Waals surface area contributed by atoms with Crippen molar-refractivity contribution in [3.8, 4) is 0 Å². The smallest absolute Gasteiger partial charge is 0.356 e. The summed E-state index contributed by atoms with van der Waals surface area (Å²) in [6, 6.07) is 0. The average molecular weight is 295 g/mol. The second-order valence-electron chi connectivity index (χ2n) is 4.56. The van der Waals surface area contributed by atoms with Crippen molar-refractivity contribution in [3.05, 3.63) is 23.8 Å². The maximum atomic E-state index is 11.7. The SMILES string of the molecule is O=C(O)c1cnc(C(=O)NCCCOC2CCOC2)cn1. The molecule has 8 heteroatoms. The minimum absolute atomic E-state index is 0.0881. The second-order valence-corrected chi connectivity index (χ2v) is 4.56. The largest absolute Gasteiger partial charge is 0.476 e. The third-order valence-corrected chi connectivity index (χ3v) is 2.95. The molecular weight excluding hydrogens is 278 g/mol. The van der Waals surface area contributed by atoms with Crippen molar-refractivity contribution >= 4 is 11.9 Å². The topological polar surface area (TPSA) is 111 Å². The van der Waals surface area contributed by atoms with Crippen LogP contribution < -0.4 is 5.32 Å². The number of hydrogen-bond donors (Lipinski definition) is 2. The number of carbonyl (C=O) groups excluding carboxylic acids is 1. The Morgan fingerprint density at radius 3 is 2.76 bits per heavy atom. The molecule has 0 aliphatic carbocycles. The first-order chi connectivity index (χ1) is 10.2. The zero-order chi connectivity index (χ0) is 15.1. The van der Waals surface area contributed by atoms with Crippen LogP contribution in [0.15, 0.2) is 12.4 Å². The molecule has 1 aromatic heterocycles. The number of ether oxygens (including phenoxy) is 2. The van der Waals surface area contributed by atoms with E-state index in [9.17, 15) is 9.59 Å². The zero-order valence-electron chi connectivity index (χ0n) is 11.4. The number of nitrogens with one attached hydrogen (secondary N) is 1. The molecule has 114 valence electrons. The van der Waals surface area contributed by atoms with E-state index in [0.29, 0.717) is 26.2 Å². The maximum absolute atomic E-state index is 11.7. The number of rotatable bonds is 7. The van der Waals surface area contributed by atoms with Gasteiger partial charge in [-0.1, -0.05) is 0 Å². The van der Waals surface area contributed by atoms with Crippen LogP contribution in [0.5, 0.6) is 0 Å². The van der Waals surface area contributed by atoms with Crippen molar-refractivity contribution in [2.75, 3.05) is 26.4 Å². The van der Waals surface area contributed by atoms with E-state index in [1.165, 1.54) is 0 Å². The number of nitrogens with zero attached hydrogens (tertiary/aromatic N) is 2. The van der Waals surface area contributed by atoms with Crippen molar-refractivity contribution in [2.24, 2.45) is 0 Å². The molecule has 0 spiro atoms. The maximum Gasteiger partial charge on any atom is 0.356 e. The van der Waals surface area contributed by atoms with Crippen LogP contribution in [0.1, 0.15) is 33.8 Å².